The van der Waals surface area contributed by atoms with Crippen LogP contribution in [0.3, 0.4) is 0 Å². The summed E-state index contributed by atoms with van der Waals surface area (Å²) in [6.07, 6.45) is 3.92. The second-order valence-corrected chi connectivity index (χ2v) is 4.49. The molecular weight excluding hydrogens is 212 g/mol. The van der Waals surface area contributed by atoms with E-state index in [1.165, 1.54) is 5.56 Å². The Kier molecular flexibility index (Phi) is 2.57. The molecule has 2 N–H and O–H groups in total. The van der Waals surface area contributed by atoms with E-state index in [0.29, 0.717) is 0 Å². The molecule has 0 atom stereocenters. The maximum atomic E-state index is 5.79. The molecule has 3 rings (SSSR count). The molecule has 0 unspecified atom stereocenters. The van der Waals surface area contributed by atoms with Crippen LogP contribution in [0.25, 0.3) is 0 Å². The van der Waals surface area contributed by atoms with Crippen molar-refractivity contribution in [3.8, 4) is 0 Å². The first-order chi connectivity index (χ1) is 8.31. The van der Waals surface area contributed by atoms with Crippen LogP contribution >= 0.6 is 0 Å². The van der Waals surface area contributed by atoms with Gasteiger partial charge in [0, 0.05) is 37.7 Å². The fourth-order valence-electron chi connectivity index (χ4n) is 2.31. The molecule has 0 radical (unpaired) electrons. The molecule has 0 saturated heterocycles. The third-order valence-electron chi connectivity index (χ3n) is 3.18. The van der Waals surface area contributed by atoms with E-state index in [1.54, 1.807) is 0 Å². The predicted octanol–water partition coefficient (Wildman–Crippen LogP) is 1.48. The SMILES string of the molecule is Nc1cccc(CN2CCn3ccnc3C2)c1. The van der Waals surface area contributed by atoms with Crippen LogP contribution in [0.4, 0.5) is 5.69 Å². The summed E-state index contributed by atoms with van der Waals surface area (Å²) < 4.78 is 2.22. The maximum absolute atomic E-state index is 5.79. The highest BCUT2D eigenvalue weighted by Crippen LogP contribution is 2.15. The lowest BCUT2D eigenvalue weighted by atomic mass is 10.2. The zero-order chi connectivity index (χ0) is 11.7. The van der Waals surface area contributed by atoms with Gasteiger partial charge in [0.05, 0.1) is 6.54 Å². The summed E-state index contributed by atoms with van der Waals surface area (Å²) in [5.74, 6) is 1.15. The number of aromatic nitrogens is 2. The number of benzene rings is 1. The molecule has 1 aromatic carbocycles. The summed E-state index contributed by atoms with van der Waals surface area (Å²) in [5, 5.41) is 0. The first kappa shape index (κ1) is 10.4. The summed E-state index contributed by atoms with van der Waals surface area (Å²) in [7, 11) is 0. The summed E-state index contributed by atoms with van der Waals surface area (Å²) in [6.45, 7) is 3.95. The number of anilines is 1. The van der Waals surface area contributed by atoms with Crippen molar-refractivity contribution in [2.24, 2.45) is 0 Å². The first-order valence-electron chi connectivity index (χ1n) is 5.88. The molecule has 0 saturated carbocycles. The Balaban J connectivity index is 1.72. The van der Waals surface area contributed by atoms with Gasteiger partial charge in [0.2, 0.25) is 0 Å². The van der Waals surface area contributed by atoms with Crippen LogP contribution < -0.4 is 5.73 Å². The Morgan fingerprint density at radius 2 is 2.24 bits per heavy atom. The normalized spacial score (nSPS) is 15.8. The van der Waals surface area contributed by atoms with E-state index in [9.17, 15) is 0 Å². The van der Waals surface area contributed by atoms with Crippen LogP contribution in [0, 0.1) is 0 Å². The number of imidazole rings is 1. The van der Waals surface area contributed by atoms with Crippen molar-refractivity contribution in [1.82, 2.24) is 14.5 Å². The Hall–Kier alpha value is -1.81. The van der Waals surface area contributed by atoms with Crippen molar-refractivity contribution in [2.75, 3.05) is 12.3 Å². The zero-order valence-electron chi connectivity index (χ0n) is 9.71. The monoisotopic (exact) mass is 228 g/mol. The highest BCUT2D eigenvalue weighted by Gasteiger charge is 2.16. The van der Waals surface area contributed by atoms with Crippen LogP contribution in [0.2, 0.25) is 0 Å². The Bertz CT molecular complexity index is 518. The van der Waals surface area contributed by atoms with E-state index < -0.39 is 0 Å². The van der Waals surface area contributed by atoms with Crippen molar-refractivity contribution in [3.63, 3.8) is 0 Å². The van der Waals surface area contributed by atoms with Gasteiger partial charge in [-0.1, -0.05) is 12.1 Å². The van der Waals surface area contributed by atoms with Gasteiger partial charge in [-0.25, -0.2) is 4.98 Å². The number of nitrogens with two attached hydrogens (primary N) is 1. The molecule has 4 heteroatoms. The first-order valence-corrected chi connectivity index (χ1v) is 5.88. The molecule has 1 aliphatic rings. The minimum Gasteiger partial charge on any atom is -0.399 e. The lowest BCUT2D eigenvalue weighted by molar-refractivity contribution is 0.209. The van der Waals surface area contributed by atoms with Crippen molar-refractivity contribution < 1.29 is 0 Å². The van der Waals surface area contributed by atoms with Crippen molar-refractivity contribution >= 4 is 5.69 Å². The molecule has 0 bridgehead atoms. The molecule has 1 aromatic heterocycles. The van der Waals surface area contributed by atoms with Crippen molar-refractivity contribution in [2.45, 2.75) is 19.6 Å². The van der Waals surface area contributed by atoms with Gasteiger partial charge >= 0.3 is 0 Å². The summed E-state index contributed by atoms with van der Waals surface area (Å²) in [4.78, 5) is 6.76. The number of nitrogen functional groups attached to an aromatic ring is 1. The lowest BCUT2D eigenvalue weighted by Gasteiger charge is -2.27. The van der Waals surface area contributed by atoms with Gasteiger partial charge in [-0.2, -0.15) is 0 Å². The van der Waals surface area contributed by atoms with E-state index in [-0.39, 0.29) is 0 Å². The third-order valence-corrected chi connectivity index (χ3v) is 3.18. The van der Waals surface area contributed by atoms with E-state index in [4.69, 9.17) is 5.73 Å². The summed E-state index contributed by atoms with van der Waals surface area (Å²) in [5.41, 5.74) is 7.89. The van der Waals surface area contributed by atoms with Crippen LogP contribution in [-0.2, 0) is 19.6 Å². The number of nitrogens with zero attached hydrogens (tertiary/aromatic N) is 3. The number of hydrogen-bond acceptors (Lipinski definition) is 3. The minimum absolute atomic E-state index is 0.834. The van der Waals surface area contributed by atoms with Gasteiger partial charge in [-0.05, 0) is 17.7 Å². The molecule has 0 aliphatic carbocycles. The Morgan fingerprint density at radius 1 is 1.29 bits per heavy atom. The molecule has 0 amide bonds. The smallest absolute Gasteiger partial charge is 0.122 e. The molecule has 2 aromatic rings. The zero-order valence-corrected chi connectivity index (χ0v) is 9.71. The average molecular weight is 228 g/mol. The highest BCUT2D eigenvalue weighted by molar-refractivity contribution is 5.40. The van der Waals surface area contributed by atoms with E-state index >= 15 is 0 Å². The second-order valence-electron chi connectivity index (χ2n) is 4.49. The van der Waals surface area contributed by atoms with Gasteiger partial charge < -0.3 is 10.3 Å². The van der Waals surface area contributed by atoms with Crippen molar-refractivity contribution in [3.05, 3.63) is 48.0 Å². The van der Waals surface area contributed by atoms with E-state index in [2.05, 4.69) is 20.5 Å². The highest BCUT2D eigenvalue weighted by atomic mass is 15.2. The fourth-order valence-corrected chi connectivity index (χ4v) is 2.31. The van der Waals surface area contributed by atoms with Crippen LogP contribution in [-0.4, -0.2) is 21.0 Å². The van der Waals surface area contributed by atoms with Crippen LogP contribution in [0.15, 0.2) is 36.7 Å². The second kappa shape index (κ2) is 4.22. The minimum atomic E-state index is 0.834. The fraction of sp³-hybridized carbons (Fsp3) is 0.308. The quantitative estimate of drug-likeness (QED) is 0.792. The van der Waals surface area contributed by atoms with E-state index in [0.717, 1.165) is 37.7 Å². The molecule has 17 heavy (non-hydrogen) atoms. The third kappa shape index (κ3) is 2.17. The van der Waals surface area contributed by atoms with Gasteiger partial charge in [0.15, 0.2) is 0 Å². The largest absolute Gasteiger partial charge is 0.399 e. The van der Waals surface area contributed by atoms with E-state index in [1.807, 2.05) is 30.6 Å². The topological polar surface area (TPSA) is 47.1 Å². The van der Waals surface area contributed by atoms with Gasteiger partial charge in [-0.15, -0.1) is 0 Å². The maximum Gasteiger partial charge on any atom is 0.122 e. The van der Waals surface area contributed by atoms with Crippen LogP contribution in [0.5, 0.6) is 0 Å². The van der Waals surface area contributed by atoms with Crippen LogP contribution in [0.1, 0.15) is 11.4 Å². The molecule has 0 fully saturated rings. The summed E-state index contributed by atoms with van der Waals surface area (Å²) >= 11 is 0. The Morgan fingerprint density at radius 3 is 3.12 bits per heavy atom. The Labute approximate surface area is 101 Å². The molecular formula is C13H16N4. The standard InChI is InChI=1S/C13H16N4/c14-12-3-1-2-11(8-12)9-16-6-7-17-5-4-15-13(17)10-16/h1-5,8H,6-7,9-10,14H2. The van der Waals surface area contributed by atoms with Gasteiger partial charge in [0.25, 0.3) is 0 Å². The molecule has 4 nitrogen and oxygen atoms in total. The van der Waals surface area contributed by atoms with Gasteiger partial charge in [0.1, 0.15) is 5.82 Å². The molecule has 0 spiro atoms. The number of hydrogen-bond donors (Lipinski definition) is 1. The van der Waals surface area contributed by atoms with Crippen molar-refractivity contribution in [1.29, 1.82) is 0 Å². The number of rotatable bonds is 2. The molecule has 2 heterocycles. The molecule has 88 valence electrons. The predicted molar refractivity (Wildman–Crippen MR) is 67.2 cm³/mol. The molecule has 1 aliphatic heterocycles. The average Bonchev–Trinajstić information content (AvgIpc) is 2.76. The number of fused-ring (bicyclic) bond motifs is 1. The lowest BCUT2D eigenvalue weighted by Crippen LogP contribution is -2.33. The van der Waals surface area contributed by atoms with Gasteiger partial charge in [-0.3, -0.25) is 4.90 Å². The summed E-state index contributed by atoms with van der Waals surface area (Å²) in [6, 6.07) is 8.10.